The summed E-state index contributed by atoms with van der Waals surface area (Å²) in [5.41, 5.74) is 2.63. The first-order valence-electron chi connectivity index (χ1n) is 14.1. The van der Waals surface area contributed by atoms with Gasteiger partial charge in [0.15, 0.2) is 0 Å². The largest absolute Gasteiger partial charge is 0.488 e. The highest BCUT2D eigenvalue weighted by molar-refractivity contribution is 6.00. The predicted octanol–water partition coefficient (Wildman–Crippen LogP) is 4.45. The number of benzene rings is 3. The molecule has 11 heteroatoms. The summed E-state index contributed by atoms with van der Waals surface area (Å²) in [6.45, 7) is 5.06. The van der Waals surface area contributed by atoms with Crippen LogP contribution < -0.4 is 15.4 Å². The van der Waals surface area contributed by atoms with Crippen molar-refractivity contribution in [1.29, 1.82) is 0 Å². The fourth-order valence-corrected chi connectivity index (χ4v) is 4.99. The summed E-state index contributed by atoms with van der Waals surface area (Å²) < 4.78 is 19.7. The Bertz CT molecular complexity index is 1430. The maximum Gasteiger partial charge on any atom is 0.335 e. The van der Waals surface area contributed by atoms with Crippen LogP contribution in [0.1, 0.15) is 35.3 Å². The maximum atomic E-state index is 13.5. The number of nitrogens with zero attached hydrogens (tertiary/aromatic N) is 2. The Hall–Kier alpha value is -4.48. The minimum Gasteiger partial charge on any atom is -0.488 e. The number of carbonyl (C=O) groups is 3. The lowest BCUT2D eigenvalue weighted by atomic mass is 10.0. The Morgan fingerprint density at radius 1 is 1.07 bits per heavy atom. The van der Waals surface area contributed by atoms with Crippen LogP contribution in [0.15, 0.2) is 66.7 Å². The van der Waals surface area contributed by atoms with Gasteiger partial charge < -0.3 is 30.5 Å². The highest BCUT2D eigenvalue weighted by Gasteiger charge is 2.31. The van der Waals surface area contributed by atoms with Crippen LogP contribution in [0.2, 0.25) is 0 Å². The van der Waals surface area contributed by atoms with Crippen molar-refractivity contribution in [2.45, 2.75) is 39.0 Å². The van der Waals surface area contributed by atoms with Crippen molar-refractivity contribution in [1.82, 2.24) is 9.80 Å². The molecule has 0 saturated carbocycles. The quantitative estimate of drug-likeness (QED) is 0.289. The monoisotopic (exact) mass is 592 g/mol. The molecular weight excluding hydrogens is 555 g/mol. The Labute approximate surface area is 250 Å². The first-order valence-corrected chi connectivity index (χ1v) is 14.1. The number of anilines is 2. The number of ether oxygens (including phenoxy) is 1. The van der Waals surface area contributed by atoms with E-state index in [9.17, 15) is 29.0 Å². The molecule has 0 unspecified atom stereocenters. The summed E-state index contributed by atoms with van der Waals surface area (Å²) in [7, 11) is 1.95. The van der Waals surface area contributed by atoms with Gasteiger partial charge in [-0.3, -0.25) is 9.69 Å². The second-order valence-corrected chi connectivity index (χ2v) is 11.0. The van der Waals surface area contributed by atoms with Gasteiger partial charge in [-0.25, -0.2) is 14.0 Å². The van der Waals surface area contributed by atoms with E-state index in [-0.39, 0.29) is 36.5 Å². The molecular formula is C32H37FN4O6. The van der Waals surface area contributed by atoms with Gasteiger partial charge >= 0.3 is 12.0 Å². The molecule has 1 aliphatic rings. The van der Waals surface area contributed by atoms with Crippen molar-refractivity contribution < 1.29 is 33.7 Å². The van der Waals surface area contributed by atoms with Crippen LogP contribution in [-0.2, 0) is 17.8 Å². The first-order chi connectivity index (χ1) is 20.5. The van der Waals surface area contributed by atoms with Crippen molar-refractivity contribution in [2.24, 2.45) is 5.92 Å². The number of rotatable bonds is 9. The number of urea groups is 1. The molecule has 43 heavy (non-hydrogen) atoms. The van der Waals surface area contributed by atoms with E-state index in [1.807, 2.05) is 14.0 Å². The summed E-state index contributed by atoms with van der Waals surface area (Å²) in [4.78, 5) is 41.0. The third-order valence-electron chi connectivity index (χ3n) is 7.42. The number of hydrogen-bond acceptors (Lipinski definition) is 6. The van der Waals surface area contributed by atoms with E-state index in [4.69, 9.17) is 4.74 Å². The van der Waals surface area contributed by atoms with Gasteiger partial charge in [-0.1, -0.05) is 19.1 Å². The van der Waals surface area contributed by atoms with E-state index in [0.717, 1.165) is 5.56 Å². The number of halogens is 1. The zero-order valence-electron chi connectivity index (χ0n) is 24.4. The van der Waals surface area contributed by atoms with E-state index < -0.39 is 23.9 Å². The molecule has 0 aliphatic carbocycles. The molecule has 3 amide bonds. The van der Waals surface area contributed by atoms with Crippen molar-refractivity contribution in [3.05, 3.63) is 89.2 Å². The van der Waals surface area contributed by atoms with Crippen LogP contribution in [0.25, 0.3) is 0 Å². The SMILES string of the molecule is C[C@@H]1CN([C@@H](C)CO)C(=O)Cc2cc(NC(=O)Nc3ccc(F)cc3)ccc2O[C@H]1CN(C)Cc1ccc(C(=O)O)cc1. The van der Waals surface area contributed by atoms with Gasteiger partial charge in [0, 0.05) is 42.5 Å². The zero-order valence-corrected chi connectivity index (χ0v) is 24.4. The van der Waals surface area contributed by atoms with E-state index >= 15 is 0 Å². The Morgan fingerprint density at radius 3 is 2.37 bits per heavy atom. The number of aliphatic hydroxyl groups is 1. The van der Waals surface area contributed by atoms with Crippen LogP contribution in [0.3, 0.4) is 0 Å². The van der Waals surface area contributed by atoms with Crippen molar-refractivity contribution in [2.75, 3.05) is 37.4 Å². The lowest BCUT2D eigenvalue weighted by molar-refractivity contribution is -0.134. The van der Waals surface area contributed by atoms with Gasteiger partial charge in [-0.05, 0) is 74.1 Å². The van der Waals surface area contributed by atoms with Crippen LogP contribution in [0, 0.1) is 11.7 Å². The number of carbonyl (C=O) groups excluding carboxylic acids is 2. The van der Waals surface area contributed by atoms with Crippen molar-refractivity contribution in [3.63, 3.8) is 0 Å². The number of carboxylic acids is 1. The normalized spacial score (nSPS) is 17.6. The number of aliphatic hydroxyl groups excluding tert-OH is 1. The predicted molar refractivity (Wildman–Crippen MR) is 161 cm³/mol. The van der Waals surface area contributed by atoms with E-state index in [1.54, 1.807) is 54.3 Å². The summed E-state index contributed by atoms with van der Waals surface area (Å²) >= 11 is 0. The molecule has 0 bridgehead atoms. The minimum atomic E-state index is -0.977. The zero-order chi connectivity index (χ0) is 31.1. The highest BCUT2D eigenvalue weighted by Crippen LogP contribution is 2.29. The van der Waals surface area contributed by atoms with Crippen molar-refractivity contribution >= 4 is 29.3 Å². The van der Waals surface area contributed by atoms with Gasteiger partial charge in [0.25, 0.3) is 0 Å². The Balaban J connectivity index is 1.54. The van der Waals surface area contributed by atoms with Crippen LogP contribution in [0.4, 0.5) is 20.6 Å². The molecule has 0 fully saturated rings. The number of likely N-dealkylation sites (N-methyl/N-ethyl adjacent to an activating group) is 1. The standard InChI is InChI=1S/C32H37FN4O6/c1-20-16-37(21(2)19-38)30(39)15-24-14-27(35-32(42)34-26-10-8-25(33)9-11-26)12-13-28(24)43-29(20)18-36(3)17-22-4-6-23(7-5-22)31(40)41/h4-14,20-21,29,38H,15-19H2,1-3H3,(H,40,41)(H2,34,35,42)/t20-,21+,29+/m1/s1. The van der Waals surface area contributed by atoms with Gasteiger partial charge in [0.05, 0.1) is 24.6 Å². The summed E-state index contributed by atoms with van der Waals surface area (Å²) in [6, 6.07) is 16.3. The molecule has 1 aliphatic heterocycles. The molecule has 4 N–H and O–H groups in total. The third-order valence-corrected chi connectivity index (χ3v) is 7.42. The fourth-order valence-electron chi connectivity index (χ4n) is 4.99. The lowest BCUT2D eigenvalue weighted by Crippen LogP contribution is -2.47. The van der Waals surface area contributed by atoms with E-state index in [2.05, 4.69) is 15.5 Å². The number of nitrogens with one attached hydrogen (secondary N) is 2. The highest BCUT2D eigenvalue weighted by atomic mass is 19.1. The molecule has 3 aromatic carbocycles. The topological polar surface area (TPSA) is 131 Å². The second-order valence-electron chi connectivity index (χ2n) is 11.0. The van der Waals surface area contributed by atoms with E-state index in [0.29, 0.717) is 42.3 Å². The fraction of sp³-hybridized carbons (Fsp3) is 0.344. The molecule has 0 radical (unpaired) electrons. The lowest BCUT2D eigenvalue weighted by Gasteiger charge is -2.34. The van der Waals surface area contributed by atoms with Crippen molar-refractivity contribution in [3.8, 4) is 5.75 Å². The Kier molecular flexibility index (Phi) is 10.3. The molecule has 10 nitrogen and oxygen atoms in total. The Morgan fingerprint density at radius 2 is 1.72 bits per heavy atom. The molecule has 0 aromatic heterocycles. The molecule has 228 valence electrons. The summed E-state index contributed by atoms with van der Waals surface area (Å²) in [6.07, 6.45) is -0.318. The molecule has 3 aromatic rings. The molecule has 0 spiro atoms. The molecule has 0 saturated heterocycles. The summed E-state index contributed by atoms with van der Waals surface area (Å²) in [5.74, 6) is -1.13. The van der Waals surface area contributed by atoms with Crippen LogP contribution >= 0.6 is 0 Å². The molecule has 4 rings (SSSR count). The average Bonchev–Trinajstić information content (AvgIpc) is 3.01. The van der Waals surface area contributed by atoms with Crippen LogP contribution in [0.5, 0.6) is 5.75 Å². The summed E-state index contributed by atoms with van der Waals surface area (Å²) in [5, 5.41) is 24.5. The van der Waals surface area contributed by atoms with Gasteiger partial charge in [0.1, 0.15) is 17.7 Å². The molecule has 3 atom stereocenters. The van der Waals surface area contributed by atoms with Gasteiger partial charge in [0.2, 0.25) is 5.91 Å². The first kappa shape index (κ1) is 31.5. The number of aromatic carboxylic acids is 1. The van der Waals surface area contributed by atoms with Gasteiger partial charge in [-0.2, -0.15) is 0 Å². The van der Waals surface area contributed by atoms with E-state index in [1.165, 1.54) is 24.3 Å². The smallest absolute Gasteiger partial charge is 0.335 e. The maximum absolute atomic E-state index is 13.5. The number of amides is 3. The van der Waals surface area contributed by atoms with Crippen LogP contribution in [-0.4, -0.2) is 76.8 Å². The third kappa shape index (κ3) is 8.52. The van der Waals surface area contributed by atoms with Gasteiger partial charge in [-0.15, -0.1) is 0 Å². The molecule has 1 heterocycles. The minimum absolute atomic E-state index is 0.0139. The number of fused-ring (bicyclic) bond motifs is 1. The average molecular weight is 593 g/mol. The second kappa shape index (κ2) is 14.1. The number of carboxylic acid groups (broad SMARTS) is 1. The number of hydrogen-bond donors (Lipinski definition) is 4.